The predicted molar refractivity (Wildman–Crippen MR) is 91.0 cm³/mol. The Kier molecular flexibility index (Phi) is 4.91. The van der Waals surface area contributed by atoms with E-state index in [1.807, 2.05) is 66.9 Å². The third-order valence-electron chi connectivity index (χ3n) is 4.03. The van der Waals surface area contributed by atoms with Gasteiger partial charge in [0.2, 0.25) is 0 Å². The van der Waals surface area contributed by atoms with E-state index in [0.717, 1.165) is 11.4 Å². The fourth-order valence-corrected chi connectivity index (χ4v) is 2.34. The highest BCUT2D eigenvalue weighted by Crippen LogP contribution is 2.16. The molecule has 0 fully saturated rings. The topological polar surface area (TPSA) is 37.3 Å². The average molecular weight is 299 g/mol. The average Bonchev–Trinajstić information content (AvgIpc) is 2.85. The number of benzene rings is 1. The van der Waals surface area contributed by atoms with Crippen LogP contribution in [0.5, 0.6) is 0 Å². The second-order valence-corrected chi connectivity index (χ2v) is 6.06. The van der Waals surface area contributed by atoms with Gasteiger partial charge in [-0.15, -0.1) is 0 Å². The zero-order chi connectivity index (χ0) is 16.3. The Morgan fingerprint density at radius 3 is 2.50 bits per heavy atom. The van der Waals surface area contributed by atoms with Gasteiger partial charge in [0, 0.05) is 30.7 Å². The van der Waals surface area contributed by atoms with Gasteiger partial charge in [0.1, 0.15) is 0 Å². The molecule has 0 saturated carbocycles. The Hall–Kier alpha value is -2.23. The van der Waals surface area contributed by atoms with Crippen LogP contribution in [0, 0.1) is 13.8 Å². The summed E-state index contributed by atoms with van der Waals surface area (Å²) >= 11 is 0. The highest BCUT2D eigenvalue weighted by molar-refractivity contribution is 5.89. The monoisotopic (exact) mass is 299 g/mol. The number of aryl methyl sites for hydroxylation is 3. The van der Waals surface area contributed by atoms with Gasteiger partial charge in [0.05, 0.1) is 6.54 Å². The summed E-state index contributed by atoms with van der Waals surface area (Å²) in [5, 5.41) is 3.00. The van der Waals surface area contributed by atoms with Crippen LogP contribution in [-0.4, -0.2) is 21.5 Å². The number of urea groups is 1. The van der Waals surface area contributed by atoms with Gasteiger partial charge in [-0.1, -0.05) is 6.07 Å². The van der Waals surface area contributed by atoms with E-state index in [4.69, 9.17) is 0 Å². The Morgan fingerprint density at radius 2 is 1.95 bits per heavy atom. The smallest absolute Gasteiger partial charge is 0.322 e. The van der Waals surface area contributed by atoms with E-state index >= 15 is 0 Å². The summed E-state index contributed by atoms with van der Waals surface area (Å²) in [6.45, 7) is 8.77. The lowest BCUT2D eigenvalue weighted by atomic mass is 10.1. The van der Waals surface area contributed by atoms with Gasteiger partial charge >= 0.3 is 6.03 Å². The quantitative estimate of drug-likeness (QED) is 0.907. The lowest BCUT2D eigenvalue weighted by Gasteiger charge is -2.27. The summed E-state index contributed by atoms with van der Waals surface area (Å²) in [5.41, 5.74) is 4.36. The molecule has 1 N–H and O–H groups in total. The summed E-state index contributed by atoms with van der Waals surface area (Å²) in [6, 6.07) is 10.1. The first-order valence-corrected chi connectivity index (χ1v) is 7.63. The summed E-state index contributed by atoms with van der Waals surface area (Å²) in [7, 11) is 2.00. The van der Waals surface area contributed by atoms with E-state index in [0.29, 0.717) is 6.54 Å². The third-order valence-corrected chi connectivity index (χ3v) is 4.03. The van der Waals surface area contributed by atoms with Crippen LogP contribution in [-0.2, 0) is 13.6 Å². The molecule has 0 atom stereocenters. The molecule has 0 aliphatic heterocycles. The second kappa shape index (κ2) is 6.69. The number of amides is 2. The summed E-state index contributed by atoms with van der Waals surface area (Å²) < 4.78 is 2.04. The molecule has 0 aliphatic rings. The lowest BCUT2D eigenvalue weighted by molar-refractivity contribution is 0.192. The van der Waals surface area contributed by atoms with E-state index in [1.165, 1.54) is 11.1 Å². The molecule has 2 rings (SSSR count). The number of hydrogen-bond acceptors (Lipinski definition) is 1. The zero-order valence-corrected chi connectivity index (χ0v) is 14.1. The maximum Gasteiger partial charge on any atom is 0.322 e. The molecule has 22 heavy (non-hydrogen) atoms. The number of anilines is 1. The Morgan fingerprint density at radius 1 is 1.23 bits per heavy atom. The van der Waals surface area contributed by atoms with E-state index in [-0.39, 0.29) is 12.1 Å². The number of carbonyl (C=O) groups excluding carboxylic acids is 1. The Labute approximate surface area is 132 Å². The van der Waals surface area contributed by atoms with Crippen LogP contribution < -0.4 is 5.32 Å². The van der Waals surface area contributed by atoms with Crippen molar-refractivity contribution in [2.24, 2.45) is 7.05 Å². The molecule has 0 aliphatic carbocycles. The lowest BCUT2D eigenvalue weighted by Crippen LogP contribution is -2.39. The summed E-state index contributed by atoms with van der Waals surface area (Å²) in [6.07, 6.45) is 2.00. The molecule has 0 unspecified atom stereocenters. The molecule has 1 aromatic heterocycles. The van der Waals surface area contributed by atoms with Crippen molar-refractivity contribution in [3.8, 4) is 0 Å². The van der Waals surface area contributed by atoms with Gasteiger partial charge < -0.3 is 14.8 Å². The van der Waals surface area contributed by atoms with Crippen molar-refractivity contribution in [2.75, 3.05) is 5.32 Å². The number of rotatable bonds is 4. The van der Waals surface area contributed by atoms with Crippen LogP contribution in [0.4, 0.5) is 10.5 Å². The largest absolute Gasteiger partial charge is 0.353 e. The number of hydrogen-bond donors (Lipinski definition) is 1. The van der Waals surface area contributed by atoms with Gasteiger partial charge in [0.25, 0.3) is 0 Å². The Bertz CT molecular complexity index is 658. The SMILES string of the molecule is Cc1ccc(NC(=O)N(Cc2cccn2C)C(C)C)cc1C. The molecule has 0 spiro atoms. The van der Waals surface area contributed by atoms with Crippen LogP contribution in [0.25, 0.3) is 0 Å². The van der Waals surface area contributed by atoms with Gasteiger partial charge in [-0.05, 0) is 63.1 Å². The molecule has 0 saturated heterocycles. The van der Waals surface area contributed by atoms with Crippen molar-refractivity contribution < 1.29 is 4.79 Å². The summed E-state index contributed by atoms with van der Waals surface area (Å²) in [4.78, 5) is 14.4. The van der Waals surface area contributed by atoms with Crippen LogP contribution in [0.3, 0.4) is 0 Å². The van der Waals surface area contributed by atoms with Gasteiger partial charge in [-0.3, -0.25) is 0 Å². The molecule has 4 nitrogen and oxygen atoms in total. The number of aromatic nitrogens is 1. The van der Waals surface area contributed by atoms with Crippen molar-refractivity contribution in [3.05, 3.63) is 53.3 Å². The van der Waals surface area contributed by atoms with Crippen LogP contribution in [0.1, 0.15) is 30.7 Å². The highest BCUT2D eigenvalue weighted by atomic mass is 16.2. The minimum absolute atomic E-state index is 0.0700. The molecular weight excluding hydrogens is 274 g/mol. The van der Waals surface area contributed by atoms with Crippen molar-refractivity contribution in [2.45, 2.75) is 40.3 Å². The summed E-state index contributed by atoms with van der Waals surface area (Å²) in [5.74, 6) is 0. The fraction of sp³-hybridized carbons (Fsp3) is 0.389. The maximum absolute atomic E-state index is 12.6. The van der Waals surface area contributed by atoms with E-state index in [1.54, 1.807) is 0 Å². The minimum Gasteiger partial charge on any atom is -0.353 e. The van der Waals surface area contributed by atoms with Crippen molar-refractivity contribution >= 4 is 11.7 Å². The first kappa shape index (κ1) is 16.1. The first-order chi connectivity index (χ1) is 10.4. The highest BCUT2D eigenvalue weighted by Gasteiger charge is 2.18. The molecule has 1 aromatic carbocycles. The van der Waals surface area contributed by atoms with Crippen molar-refractivity contribution in [1.82, 2.24) is 9.47 Å². The molecule has 4 heteroatoms. The molecule has 0 radical (unpaired) electrons. The first-order valence-electron chi connectivity index (χ1n) is 7.63. The number of nitrogens with zero attached hydrogens (tertiary/aromatic N) is 2. The minimum atomic E-state index is -0.0700. The molecule has 1 heterocycles. The standard InChI is InChI=1S/C18H25N3O/c1-13(2)21(12-17-7-6-10-20(17)5)18(22)19-16-9-8-14(3)15(4)11-16/h6-11,13H,12H2,1-5H3,(H,19,22). The van der Waals surface area contributed by atoms with Crippen LogP contribution in [0.15, 0.2) is 36.5 Å². The van der Waals surface area contributed by atoms with Crippen molar-refractivity contribution in [3.63, 3.8) is 0 Å². The van der Waals surface area contributed by atoms with Crippen molar-refractivity contribution in [1.29, 1.82) is 0 Å². The second-order valence-electron chi connectivity index (χ2n) is 6.06. The third kappa shape index (κ3) is 3.70. The van der Waals surface area contributed by atoms with Gasteiger partial charge in [-0.25, -0.2) is 4.79 Å². The molecular formula is C18H25N3O. The predicted octanol–water partition coefficient (Wildman–Crippen LogP) is 4.08. The van der Waals surface area contributed by atoms with E-state index in [2.05, 4.69) is 19.2 Å². The van der Waals surface area contributed by atoms with E-state index < -0.39 is 0 Å². The van der Waals surface area contributed by atoms with Gasteiger partial charge in [0.15, 0.2) is 0 Å². The molecule has 0 bridgehead atoms. The van der Waals surface area contributed by atoms with E-state index in [9.17, 15) is 4.79 Å². The van der Waals surface area contributed by atoms with Crippen LogP contribution in [0.2, 0.25) is 0 Å². The molecule has 118 valence electrons. The van der Waals surface area contributed by atoms with Gasteiger partial charge in [-0.2, -0.15) is 0 Å². The maximum atomic E-state index is 12.6. The zero-order valence-electron chi connectivity index (χ0n) is 14.1. The number of carbonyl (C=O) groups is 1. The normalized spacial score (nSPS) is 10.8. The van der Waals surface area contributed by atoms with Crippen LogP contribution >= 0.6 is 0 Å². The number of nitrogens with one attached hydrogen (secondary N) is 1. The fourth-order valence-electron chi connectivity index (χ4n) is 2.34. The Balaban J connectivity index is 2.12. The molecule has 2 amide bonds. The molecule has 2 aromatic rings.